The van der Waals surface area contributed by atoms with E-state index >= 15 is 0 Å². The molecule has 0 aromatic rings. The lowest BCUT2D eigenvalue weighted by molar-refractivity contribution is -0.709. The molecule has 8 heteroatoms. The number of ether oxygens (including phenoxy) is 1. The molecule has 8 nitrogen and oxygen atoms in total. The number of hydrogen-bond acceptors (Lipinski definition) is 4. The van der Waals surface area contributed by atoms with Gasteiger partial charge in [-0.3, -0.25) is 0 Å². The van der Waals surface area contributed by atoms with Crippen LogP contribution in [0.3, 0.4) is 0 Å². The van der Waals surface area contributed by atoms with Crippen LogP contribution in [0.1, 0.15) is 13.3 Å². The smallest absolute Gasteiger partial charge is 0.409 e. The van der Waals surface area contributed by atoms with Crippen molar-refractivity contribution in [1.82, 2.24) is 9.91 Å². The molecule has 1 amide bonds. The van der Waals surface area contributed by atoms with Gasteiger partial charge in [0.2, 0.25) is 5.28 Å². The Balaban J connectivity index is 2.49. The van der Waals surface area contributed by atoms with Crippen molar-refractivity contribution in [1.29, 1.82) is 0 Å². The van der Waals surface area contributed by atoms with Gasteiger partial charge >= 0.3 is 6.09 Å². The van der Waals surface area contributed by atoms with E-state index in [-0.39, 0.29) is 11.1 Å². The highest BCUT2D eigenvalue weighted by Crippen LogP contribution is 2.05. The summed E-state index contributed by atoms with van der Waals surface area (Å²) < 4.78 is 4.86. The van der Waals surface area contributed by atoms with Gasteiger partial charge in [0.15, 0.2) is 0 Å². The number of nitrogens with zero attached hydrogens (tertiary/aromatic N) is 4. The van der Waals surface area contributed by atoms with Crippen molar-refractivity contribution in [3.05, 3.63) is 5.21 Å². The highest BCUT2D eigenvalue weighted by atomic mass is 16.6. The van der Waals surface area contributed by atoms with E-state index < -0.39 is 0 Å². The van der Waals surface area contributed by atoms with Crippen molar-refractivity contribution >= 4 is 6.09 Å². The number of amides is 1. The zero-order valence-electron chi connectivity index (χ0n) is 9.20. The maximum Gasteiger partial charge on any atom is 0.409 e. The first-order valence-electron chi connectivity index (χ1n) is 5.18. The van der Waals surface area contributed by atoms with Crippen LogP contribution in [0.25, 0.3) is 0 Å². The SMILES string of the molecule is CCOC(=O)N1CCCN(/[N+]([O-])=N/O)CC1. The first-order chi connectivity index (χ1) is 7.69. The molecule has 1 saturated heterocycles. The lowest BCUT2D eigenvalue weighted by Gasteiger charge is -2.19. The zero-order chi connectivity index (χ0) is 12.0. The number of carbonyl (C=O) groups excluding carboxylic acids is 1. The summed E-state index contributed by atoms with van der Waals surface area (Å²) >= 11 is 0. The lowest BCUT2D eigenvalue weighted by Crippen LogP contribution is -2.37. The van der Waals surface area contributed by atoms with Crippen LogP contribution in [0.5, 0.6) is 0 Å². The van der Waals surface area contributed by atoms with E-state index in [4.69, 9.17) is 9.94 Å². The molecule has 1 aliphatic heterocycles. The summed E-state index contributed by atoms with van der Waals surface area (Å²) in [5.74, 6) is 0. The quantitative estimate of drug-likeness (QED) is 0.423. The Bertz CT molecular complexity index is 271. The monoisotopic (exact) mass is 232 g/mol. The van der Waals surface area contributed by atoms with Crippen molar-refractivity contribution < 1.29 is 19.7 Å². The van der Waals surface area contributed by atoms with Gasteiger partial charge in [0.05, 0.1) is 24.7 Å². The summed E-state index contributed by atoms with van der Waals surface area (Å²) in [6.45, 7) is 3.77. The van der Waals surface area contributed by atoms with Gasteiger partial charge in [0.25, 0.3) is 0 Å². The summed E-state index contributed by atoms with van der Waals surface area (Å²) in [6.07, 6.45) is 0.260. The van der Waals surface area contributed by atoms with Gasteiger partial charge < -0.3 is 20.1 Å². The summed E-state index contributed by atoms with van der Waals surface area (Å²) in [5, 5.41) is 23.2. The van der Waals surface area contributed by atoms with Crippen molar-refractivity contribution in [3.63, 3.8) is 0 Å². The van der Waals surface area contributed by atoms with Crippen LogP contribution in [0.4, 0.5) is 4.79 Å². The third-order valence-corrected chi connectivity index (χ3v) is 2.32. The Kier molecular flexibility index (Phi) is 4.62. The fraction of sp³-hybridized carbons (Fsp3) is 0.875. The molecule has 0 aromatic carbocycles. The fourth-order valence-corrected chi connectivity index (χ4v) is 1.53. The molecule has 0 radical (unpaired) electrons. The van der Waals surface area contributed by atoms with Crippen LogP contribution in [0.2, 0.25) is 0 Å². The van der Waals surface area contributed by atoms with Gasteiger partial charge in [-0.25, -0.2) is 4.79 Å². The summed E-state index contributed by atoms with van der Waals surface area (Å²) in [5.41, 5.74) is 0. The molecule has 0 aliphatic carbocycles. The standard InChI is InChI=1S/C8H16N4O4/c1-2-16-8(13)10-4-3-5-11(7-6-10)12(15)9-14/h14H,2-7H2,1H3/b12-9-. The first kappa shape index (κ1) is 12.3. The topological polar surface area (TPSA) is 91.4 Å². The molecule has 1 N–H and O–H groups in total. The molecule has 0 unspecified atom stereocenters. The molecule has 0 aromatic heterocycles. The van der Waals surface area contributed by atoms with Crippen LogP contribution < -0.4 is 0 Å². The zero-order valence-corrected chi connectivity index (χ0v) is 9.20. The number of hydrogen-bond donors (Lipinski definition) is 1. The van der Waals surface area contributed by atoms with Gasteiger partial charge in [-0.05, 0) is 13.3 Å². The van der Waals surface area contributed by atoms with Crippen molar-refractivity contribution in [2.45, 2.75) is 13.3 Å². The Morgan fingerprint density at radius 2 is 2.25 bits per heavy atom. The largest absolute Gasteiger partial charge is 0.569 e. The first-order valence-corrected chi connectivity index (χ1v) is 5.18. The average Bonchev–Trinajstić information content (AvgIpc) is 2.53. The van der Waals surface area contributed by atoms with Gasteiger partial charge in [-0.15, -0.1) is 5.01 Å². The molecule has 1 heterocycles. The third kappa shape index (κ3) is 3.14. The normalized spacial score (nSPS) is 18.2. The van der Waals surface area contributed by atoms with E-state index in [0.717, 1.165) is 0 Å². The second-order valence-electron chi connectivity index (χ2n) is 3.34. The minimum absolute atomic E-state index is 0.134. The van der Waals surface area contributed by atoms with Gasteiger partial charge in [0.1, 0.15) is 0 Å². The van der Waals surface area contributed by atoms with E-state index in [2.05, 4.69) is 5.28 Å². The number of rotatable bonds is 2. The molecule has 92 valence electrons. The molecule has 1 rings (SSSR count). The fourth-order valence-electron chi connectivity index (χ4n) is 1.53. The third-order valence-electron chi connectivity index (χ3n) is 2.32. The molecular formula is C8H16N4O4. The lowest BCUT2D eigenvalue weighted by atomic mass is 10.4. The van der Waals surface area contributed by atoms with E-state index in [1.807, 2.05) is 0 Å². The molecule has 0 saturated carbocycles. The highest BCUT2D eigenvalue weighted by molar-refractivity contribution is 5.67. The molecule has 16 heavy (non-hydrogen) atoms. The molecular weight excluding hydrogens is 216 g/mol. The Morgan fingerprint density at radius 1 is 1.50 bits per heavy atom. The van der Waals surface area contributed by atoms with Crippen LogP contribution in [0.15, 0.2) is 5.28 Å². The second-order valence-corrected chi connectivity index (χ2v) is 3.34. The van der Waals surface area contributed by atoms with E-state index in [1.54, 1.807) is 6.92 Å². The molecule has 1 fully saturated rings. The predicted molar refractivity (Wildman–Crippen MR) is 52.6 cm³/mol. The van der Waals surface area contributed by atoms with E-state index in [0.29, 0.717) is 39.2 Å². The highest BCUT2D eigenvalue weighted by Gasteiger charge is 2.23. The minimum Gasteiger partial charge on any atom is -0.569 e. The van der Waals surface area contributed by atoms with Crippen LogP contribution >= 0.6 is 0 Å². The summed E-state index contributed by atoms with van der Waals surface area (Å²) in [6, 6.07) is 0. The second kappa shape index (κ2) is 5.99. The van der Waals surface area contributed by atoms with Gasteiger partial charge in [0, 0.05) is 13.1 Å². The minimum atomic E-state index is -0.372. The average molecular weight is 232 g/mol. The molecule has 0 spiro atoms. The molecule has 0 bridgehead atoms. The maximum atomic E-state index is 11.4. The van der Waals surface area contributed by atoms with Crippen LogP contribution in [-0.2, 0) is 4.74 Å². The Labute approximate surface area is 93.2 Å². The molecule has 0 atom stereocenters. The Morgan fingerprint density at radius 3 is 2.88 bits per heavy atom. The Hall–Kier alpha value is -1.73. The molecule has 1 aliphatic rings. The summed E-state index contributed by atoms with van der Waals surface area (Å²) in [7, 11) is 0. The van der Waals surface area contributed by atoms with E-state index in [1.165, 1.54) is 9.91 Å². The predicted octanol–water partition coefficient (Wildman–Crippen LogP) is 0.417. The maximum absolute atomic E-state index is 11.4. The van der Waals surface area contributed by atoms with Crippen molar-refractivity contribution in [3.8, 4) is 0 Å². The van der Waals surface area contributed by atoms with E-state index in [9.17, 15) is 10.0 Å². The number of carbonyl (C=O) groups is 1. The number of hydrazine groups is 1. The van der Waals surface area contributed by atoms with Crippen molar-refractivity contribution in [2.75, 3.05) is 32.8 Å². The van der Waals surface area contributed by atoms with Crippen LogP contribution in [-0.4, -0.2) is 59.0 Å². The van der Waals surface area contributed by atoms with Crippen LogP contribution in [0, 0.1) is 5.21 Å². The van der Waals surface area contributed by atoms with Crippen molar-refractivity contribution in [2.24, 2.45) is 5.28 Å². The van der Waals surface area contributed by atoms with Gasteiger partial charge in [-0.2, -0.15) is 0 Å². The summed E-state index contributed by atoms with van der Waals surface area (Å²) in [4.78, 5) is 13.1. The van der Waals surface area contributed by atoms with Gasteiger partial charge in [-0.1, -0.05) is 0 Å².